The number of hydrogen-bond donors (Lipinski definition) is 1. The highest BCUT2D eigenvalue weighted by molar-refractivity contribution is 8.02. The summed E-state index contributed by atoms with van der Waals surface area (Å²) in [4.78, 5) is 45.3. The van der Waals surface area contributed by atoms with Crippen LogP contribution in [0.1, 0.15) is 32.6 Å². The van der Waals surface area contributed by atoms with Gasteiger partial charge in [0, 0.05) is 30.1 Å². The molecule has 1 aromatic rings. The number of nitrogens with zero attached hydrogens (tertiary/aromatic N) is 2. The largest absolute Gasteiger partial charge is 0.497 e. The average molecular weight is 527 g/mol. The van der Waals surface area contributed by atoms with Crippen molar-refractivity contribution in [1.82, 2.24) is 4.90 Å². The van der Waals surface area contributed by atoms with E-state index in [1.54, 1.807) is 28.7 Å². The highest BCUT2D eigenvalue weighted by atomic mass is 32.2. The fourth-order valence-corrected chi connectivity index (χ4v) is 8.42. The number of ether oxygens (including phenoxy) is 2. The number of benzene rings is 1. The molecular weight excluding hydrogens is 492 g/mol. The number of cyclic esters (lactones) is 1. The molecule has 0 aromatic heterocycles. The van der Waals surface area contributed by atoms with Crippen LogP contribution in [0, 0.1) is 11.8 Å². The summed E-state index contributed by atoms with van der Waals surface area (Å²) in [5.74, 6) is -1.46. The number of methoxy groups -OCH3 is 1. The lowest BCUT2D eigenvalue weighted by Gasteiger charge is -2.37. The summed E-state index contributed by atoms with van der Waals surface area (Å²) in [5.41, 5.74) is 0.717. The molecule has 5 rings (SSSR count). The minimum Gasteiger partial charge on any atom is -0.497 e. The lowest BCUT2D eigenvalue weighted by molar-refractivity contribution is -0.154. The molecule has 4 aliphatic rings. The Hall–Kier alpha value is -2.78. The Kier molecular flexibility index (Phi) is 7.11. The summed E-state index contributed by atoms with van der Waals surface area (Å²) in [5, 5.41) is 9.36. The molecule has 1 N–H and O–H groups in total. The maximum absolute atomic E-state index is 14.4. The number of rotatable bonds is 6. The van der Waals surface area contributed by atoms with Gasteiger partial charge in [0.1, 0.15) is 11.8 Å². The molecule has 198 valence electrons. The van der Waals surface area contributed by atoms with Crippen molar-refractivity contribution in [3.63, 3.8) is 0 Å². The van der Waals surface area contributed by atoms with E-state index in [-0.39, 0.29) is 24.4 Å². The zero-order chi connectivity index (χ0) is 26.2. The fourth-order valence-electron chi connectivity index (χ4n) is 6.26. The van der Waals surface area contributed by atoms with Gasteiger partial charge in [-0.05, 0) is 56.9 Å². The molecule has 0 radical (unpaired) electrons. The Morgan fingerprint density at radius 1 is 1.08 bits per heavy atom. The molecule has 4 aliphatic heterocycles. The fraction of sp³-hybridized carbons (Fsp3) is 0.536. The number of anilines is 1. The van der Waals surface area contributed by atoms with E-state index in [2.05, 4.69) is 6.08 Å². The number of likely N-dealkylation sites (tertiary alicyclic amines) is 1. The van der Waals surface area contributed by atoms with Crippen molar-refractivity contribution in [3.8, 4) is 5.75 Å². The molecule has 2 amide bonds. The molecule has 8 nitrogen and oxygen atoms in total. The second-order valence-corrected chi connectivity index (χ2v) is 12.0. The molecule has 0 saturated carbocycles. The Bertz CT molecular complexity index is 1120. The van der Waals surface area contributed by atoms with Gasteiger partial charge in [-0.1, -0.05) is 24.3 Å². The van der Waals surface area contributed by atoms with Crippen LogP contribution >= 0.6 is 11.8 Å². The minimum atomic E-state index is -0.906. The molecule has 9 heteroatoms. The first-order chi connectivity index (χ1) is 17.9. The second-order valence-electron chi connectivity index (χ2n) is 10.2. The van der Waals surface area contributed by atoms with Crippen LogP contribution in [-0.2, 0) is 19.1 Å². The van der Waals surface area contributed by atoms with E-state index in [9.17, 15) is 19.5 Å². The minimum absolute atomic E-state index is 0.0135. The van der Waals surface area contributed by atoms with Crippen molar-refractivity contribution < 1.29 is 29.0 Å². The molecule has 37 heavy (non-hydrogen) atoms. The summed E-state index contributed by atoms with van der Waals surface area (Å²) in [6, 6.07) is 6.53. The molecule has 1 aromatic carbocycles. The third-order valence-electron chi connectivity index (χ3n) is 7.94. The zero-order valence-electron chi connectivity index (χ0n) is 21.3. The molecule has 2 fully saturated rings. The first kappa shape index (κ1) is 25.9. The van der Waals surface area contributed by atoms with E-state index in [4.69, 9.17) is 9.47 Å². The maximum Gasteiger partial charge on any atom is 0.311 e. The van der Waals surface area contributed by atoms with Gasteiger partial charge in [0.15, 0.2) is 0 Å². The van der Waals surface area contributed by atoms with Crippen molar-refractivity contribution in [2.45, 2.75) is 48.1 Å². The predicted molar refractivity (Wildman–Crippen MR) is 141 cm³/mol. The van der Waals surface area contributed by atoms with Gasteiger partial charge in [-0.15, -0.1) is 11.8 Å². The SMILES string of the molecule is COc1ccc(N2CC=C[C@]34S[C@@]5(C)/C=C\CCCOC(=O)[C@H]5[C@H]3C(=O)N(CCCCO)C4C2=O)cc1. The number of carbonyl (C=O) groups is 3. The second kappa shape index (κ2) is 10.2. The van der Waals surface area contributed by atoms with Crippen molar-refractivity contribution in [1.29, 1.82) is 0 Å². The van der Waals surface area contributed by atoms with E-state index in [1.807, 2.05) is 49.4 Å². The van der Waals surface area contributed by atoms with Crippen molar-refractivity contribution in [2.24, 2.45) is 11.8 Å². The van der Waals surface area contributed by atoms with E-state index < -0.39 is 27.4 Å². The summed E-state index contributed by atoms with van der Waals surface area (Å²) < 4.78 is 9.34. The van der Waals surface area contributed by atoms with E-state index in [0.29, 0.717) is 38.3 Å². The van der Waals surface area contributed by atoms with Gasteiger partial charge < -0.3 is 24.4 Å². The maximum atomic E-state index is 14.4. The molecule has 0 bridgehead atoms. The van der Waals surface area contributed by atoms with Crippen LogP contribution in [0.25, 0.3) is 0 Å². The monoisotopic (exact) mass is 526 g/mol. The number of unbranched alkanes of at least 4 members (excludes halogenated alkanes) is 1. The number of fused-ring (bicyclic) bond motifs is 2. The number of carbonyl (C=O) groups excluding carboxylic acids is 3. The van der Waals surface area contributed by atoms with Crippen LogP contribution in [0.5, 0.6) is 5.75 Å². The van der Waals surface area contributed by atoms with Gasteiger partial charge >= 0.3 is 5.97 Å². The number of aliphatic hydroxyl groups is 1. The summed E-state index contributed by atoms with van der Waals surface area (Å²) in [6.45, 7) is 3.02. The number of thioether (sulfide) groups is 1. The van der Waals surface area contributed by atoms with Crippen LogP contribution in [0.15, 0.2) is 48.6 Å². The summed E-state index contributed by atoms with van der Waals surface area (Å²) >= 11 is 1.55. The van der Waals surface area contributed by atoms with Gasteiger partial charge in [-0.3, -0.25) is 14.4 Å². The van der Waals surface area contributed by atoms with Crippen molar-refractivity contribution in [2.75, 3.05) is 38.3 Å². The van der Waals surface area contributed by atoms with E-state index >= 15 is 0 Å². The predicted octanol–water partition coefficient (Wildman–Crippen LogP) is 2.95. The molecule has 0 aliphatic carbocycles. The Morgan fingerprint density at radius 2 is 1.86 bits per heavy atom. The van der Waals surface area contributed by atoms with Gasteiger partial charge in [0.25, 0.3) is 5.91 Å². The van der Waals surface area contributed by atoms with E-state index in [1.165, 1.54) is 0 Å². The summed E-state index contributed by atoms with van der Waals surface area (Å²) in [7, 11) is 1.59. The topological polar surface area (TPSA) is 96.4 Å². The third kappa shape index (κ3) is 4.26. The standard InChI is InChI=1S/C28H34N2O6S/c1-27-13-4-3-7-18-36-26(34)22(27)21-24(32)30(15-5-6-17-31)23-25(33)29(16-8-14-28(21,23)37-27)19-9-11-20(35-2)12-10-19/h4,8-14,21-23,31H,3,5-7,15-18H2,1-2H3/b13-4-/t21-,22+,23?,27-,28-/m0/s1. The van der Waals surface area contributed by atoms with Gasteiger partial charge in [0.05, 0.1) is 30.3 Å². The number of esters is 1. The van der Waals surface area contributed by atoms with Crippen LogP contribution in [-0.4, -0.2) is 76.7 Å². The Balaban J connectivity index is 1.60. The highest BCUT2D eigenvalue weighted by Gasteiger charge is 2.73. The lowest BCUT2D eigenvalue weighted by Crippen LogP contribution is -2.53. The first-order valence-corrected chi connectivity index (χ1v) is 13.8. The Labute approximate surface area is 221 Å². The van der Waals surface area contributed by atoms with Gasteiger partial charge in [0.2, 0.25) is 5.91 Å². The van der Waals surface area contributed by atoms with Gasteiger partial charge in [-0.25, -0.2) is 0 Å². The number of aliphatic hydroxyl groups excluding tert-OH is 1. The number of allylic oxidation sites excluding steroid dienone is 1. The lowest BCUT2D eigenvalue weighted by atomic mass is 9.74. The molecule has 5 atom stereocenters. The van der Waals surface area contributed by atoms with Crippen LogP contribution in [0.4, 0.5) is 5.69 Å². The molecule has 1 unspecified atom stereocenters. The summed E-state index contributed by atoms with van der Waals surface area (Å²) in [6.07, 6.45) is 10.7. The average Bonchev–Trinajstić information content (AvgIpc) is 3.23. The molecule has 2 saturated heterocycles. The third-order valence-corrected chi connectivity index (χ3v) is 9.74. The quantitative estimate of drug-likeness (QED) is 0.346. The van der Waals surface area contributed by atoms with Crippen LogP contribution in [0.2, 0.25) is 0 Å². The Morgan fingerprint density at radius 3 is 2.59 bits per heavy atom. The van der Waals surface area contributed by atoms with Gasteiger partial charge in [-0.2, -0.15) is 0 Å². The van der Waals surface area contributed by atoms with E-state index in [0.717, 1.165) is 18.5 Å². The number of amides is 2. The van der Waals surface area contributed by atoms with Crippen LogP contribution < -0.4 is 9.64 Å². The number of hydrogen-bond acceptors (Lipinski definition) is 7. The zero-order valence-corrected chi connectivity index (χ0v) is 22.1. The molecular formula is C28H34N2O6S. The van der Waals surface area contributed by atoms with Crippen LogP contribution in [0.3, 0.4) is 0 Å². The first-order valence-electron chi connectivity index (χ1n) is 13.0. The highest BCUT2D eigenvalue weighted by Crippen LogP contribution is 2.65. The molecule has 4 heterocycles. The van der Waals surface area contributed by atoms with Crippen molar-refractivity contribution in [3.05, 3.63) is 48.6 Å². The normalized spacial score (nSPS) is 34.0. The van der Waals surface area contributed by atoms with Crippen molar-refractivity contribution >= 4 is 35.2 Å². The molecule has 1 spiro atoms. The smallest absolute Gasteiger partial charge is 0.311 e.